The maximum atomic E-state index is 9.16. The predicted octanol–water partition coefficient (Wildman–Crippen LogP) is 1.18. The molecule has 0 heterocycles. The Morgan fingerprint density at radius 2 is 2.06 bits per heavy atom. The summed E-state index contributed by atoms with van der Waals surface area (Å²) < 4.78 is 10.5. The summed E-state index contributed by atoms with van der Waals surface area (Å²) in [6.07, 6.45) is -0.337. The predicted molar refractivity (Wildman–Crippen MR) is 67.2 cm³/mol. The lowest BCUT2D eigenvalue weighted by atomic mass is 10.2. The number of benzene rings is 1. The summed E-state index contributed by atoms with van der Waals surface area (Å²) in [6.45, 7) is 4.15. The summed E-state index contributed by atoms with van der Waals surface area (Å²) in [5.41, 5.74) is 1.09. The van der Waals surface area contributed by atoms with Crippen molar-refractivity contribution in [3.05, 3.63) is 29.8 Å². The Labute approximate surface area is 103 Å². The molecule has 0 saturated carbocycles. The Bertz CT molecular complexity index is 315. The van der Waals surface area contributed by atoms with Crippen LogP contribution in [0.25, 0.3) is 0 Å². The number of para-hydroxylation sites is 1. The minimum absolute atomic E-state index is 0.337. The summed E-state index contributed by atoms with van der Waals surface area (Å²) in [7, 11) is 1.65. The Morgan fingerprint density at radius 3 is 2.76 bits per heavy atom. The molecular formula is C13H21NO3. The van der Waals surface area contributed by atoms with E-state index in [1.54, 1.807) is 14.0 Å². The lowest BCUT2D eigenvalue weighted by Gasteiger charge is -2.12. The zero-order chi connectivity index (χ0) is 12.5. The summed E-state index contributed by atoms with van der Waals surface area (Å²) in [5, 5.41) is 12.3. The van der Waals surface area contributed by atoms with E-state index in [-0.39, 0.29) is 6.10 Å². The average molecular weight is 239 g/mol. The van der Waals surface area contributed by atoms with Gasteiger partial charge in [-0.15, -0.1) is 0 Å². The zero-order valence-electron chi connectivity index (χ0n) is 10.5. The molecule has 4 heteroatoms. The number of nitrogens with one attached hydrogen (secondary N) is 1. The van der Waals surface area contributed by atoms with Gasteiger partial charge in [-0.1, -0.05) is 18.2 Å². The molecule has 1 rings (SSSR count). The Balaban J connectivity index is 2.46. The minimum atomic E-state index is -0.337. The van der Waals surface area contributed by atoms with Crippen LogP contribution in [0.4, 0.5) is 0 Å². The van der Waals surface area contributed by atoms with Crippen molar-refractivity contribution in [2.75, 3.05) is 26.9 Å². The van der Waals surface area contributed by atoms with Crippen molar-refractivity contribution in [3.8, 4) is 5.75 Å². The standard InChI is InChI=1S/C13H21NO3/c1-11(15)9-14-10-12-5-3-4-6-13(12)17-8-7-16-2/h3-6,11,14-15H,7-10H2,1-2H3/t11-/m1/s1. The maximum absolute atomic E-state index is 9.16. The summed E-state index contributed by atoms with van der Waals surface area (Å²) in [4.78, 5) is 0. The van der Waals surface area contributed by atoms with Gasteiger partial charge in [0.2, 0.25) is 0 Å². The highest BCUT2D eigenvalue weighted by atomic mass is 16.5. The molecule has 4 nitrogen and oxygen atoms in total. The molecule has 0 amide bonds. The van der Waals surface area contributed by atoms with Crippen molar-refractivity contribution in [1.82, 2.24) is 5.32 Å². The number of rotatable bonds is 8. The van der Waals surface area contributed by atoms with Gasteiger partial charge in [-0.25, -0.2) is 0 Å². The normalized spacial score (nSPS) is 12.4. The second-order valence-corrected chi connectivity index (χ2v) is 3.93. The first-order valence-corrected chi connectivity index (χ1v) is 5.82. The molecule has 1 atom stereocenters. The fourth-order valence-electron chi connectivity index (χ4n) is 1.44. The van der Waals surface area contributed by atoms with Gasteiger partial charge in [-0.05, 0) is 13.0 Å². The molecule has 0 spiro atoms. The monoisotopic (exact) mass is 239 g/mol. The molecule has 0 unspecified atom stereocenters. The van der Waals surface area contributed by atoms with Crippen molar-refractivity contribution in [2.45, 2.75) is 19.6 Å². The summed E-state index contributed by atoms with van der Waals surface area (Å²) in [6, 6.07) is 7.87. The van der Waals surface area contributed by atoms with Gasteiger partial charge in [-0.3, -0.25) is 0 Å². The number of aliphatic hydroxyl groups excluding tert-OH is 1. The second kappa shape index (κ2) is 8.06. The molecule has 0 radical (unpaired) electrons. The van der Waals surface area contributed by atoms with Crippen LogP contribution >= 0.6 is 0 Å². The lowest BCUT2D eigenvalue weighted by molar-refractivity contribution is 0.145. The van der Waals surface area contributed by atoms with Gasteiger partial charge in [0.15, 0.2) is 0 Å². The fraction of sp³-hybridized carbons (Fsp3) is 0.538. The Morgan fingerprint density at radius 1 is 1.29 bits per heavy atom. The molecular weight excluding hydrogens is 218 g/mol. The van der Waals surface area contributed by atoms with Crippen molar-refractivity contribution < 1.29 is 14.6 Å². The minimum Gasteiger partial charge on any atom is -0.491 e. The molecule has 96 valence electrons. The molecule has 2 N–H and O–H groups in total. The van der Waals surface area contributed by atoms with E-state index in [0.29, 0.717) is 26.3 Å². The van der Waals surface area contributed by atoms with Gasteiger partial charge < -0.3 is 19.9 Å². The van der Waals surface area contributed by atoms with Crippen LogP contribution in [-0.4, -0.2) is 38.1 Å². The van der Waals surface area contributed by atoms with E-state index in [4.69, 9.17) is 14.6 Å². The van der Waals surface area contributed by atoms with Crippen LogP contribution in [0, 0.1) is 0 Å². The second-order valence-electron chi connectivity index (χ2n) is 3.93. The molecule has 0 aliphatic heterocycles. The van der Waals surface area contributed by atoms with E-state index in [0.717, 1.165) is 11.3 Å². The van der Waals surface area contributed by atoms with Crippen LogP contribution in [-0.2, 0) is 11.3 Å². The third kappa shape index (κ3) is 5.68. The third-order valence-corrected chi connectivity index (χ3v) is 2.27. The quantitative estimate of drug-likeness (QED) is 0.669. The van der Waals surface area contributed by atoms with E-state index in [2.05, 4.69) is 5.32 Å². The number of methoxy groups -OCH3 is 1. The smallest absolute Gasteiger partial charge is 0.123 e. The molecule has 0 fully saturated rings. The van der Waals surface area contributed by atoms with E-state index in [1.807, 2.05) is 24.3 Å². The van der Waals surface area contributed by atoms with Gasteiger partial charge >= 0.3 is 0 Å². The number of aliphatic hydroxyl groups is 1. The molecule has 0 aliphatic rings. The van der Waals surface area contributed by atoms with Crippen molar-refractivity contribution >= 4 is 0 Å². The van der Waals surface area contributed by atoms with Crippen LogP contribution in [0.2, 0.25) is 0 Å². The van der Waals surface area contributed by atoms with Gasteiger partial charge in [0.25, 0.3) is 0 Å². The van der Waals surface area contributed by atoms with Crippen LogP contribution in [0.15, 0.2) is 24.3 Å². The molecule has 0 saturated heterocycles. The van der Waals surface area contributed by atoms with Gasteiger partial charge in [-0.2, -0.15) is 0 Å². The molecule has 0 bridgehead atoms. The van der Waals surface area contributed by atoms with E-state index >= 15 is 0 Å². The third-order valence-electron chi connectivity index (χ3n) is 2.27. The van der Waals surface area contributed by atoms with Crippen LogP contribution in [0.3, 0.4) is 0 Å². The Kier molecular flexibility index (Phi) is 6.62. The van der Waals surface area contributed by atoms with Gasteiger partial charge in [0.1, 0.15) is 12.4 Å². The Hall–Kier alpha value is -1.10. The van der Waals surface area contributed by atoms with E-state index in [9.17, 15) is 0 Å². The zero-order valence-corrected chi connectivity index (χ0v) is 10.5. The molecule has 0 aromatic heterocycles. The first-order chi connectivity index (χ1) is 8.24. The summed E-state index contributed by atoms with van der Waals surface area (Å²) >= 11 is 0. The first-order valence-electron chi connectivity index (χ1n) is 5.82. The van der Waals surface area contributed by atoms with E-state index in [1.165, 1.54) is 0 Å². The van der Waals surface area contributed by atoms with Crippen LogP contribution < -0.4 is 10.1 Å². The topological polar surface area (TPSA) is 50.7 Å². The highest BCUT2D eigenvalue weighted by Gasteiger charge is 2.03. The van der Waals surface area contributed by atoms with Crippen LogP contribution in [0.1, 0.15) is 12.5 Å². The number of hydrogen-bond donors (Lipinski definition) is 2. The van der Waals surface area contributed by atoms with Gasteiger partial charge in [0, 0.05) is 25.8 Å². The molecule has 17 heavy (non-hydrogen) atoms. The lowest BCUT2D eigenvalue weighted by Crippen LogP contribution is -2.24. The maximum Gasteiger partial charge on any atom is 0.123 e. The van der Waals surface area contributed by atoms with Gasteiger partial charge in [0.05, 0.1) is 12.7 Å². The first kappa shape index (κ1) is 14.0. The summed E-state index contributed by atoms with van der Waals surface area (Å²) in [5.74, 6) is 0.864. The fourth-order valence-corrected chi connectivity index (χ4v) is 1.44. The highest BCUT2D eigenvalue weighted by Crippen LogP contribution is 2.17. The van der Waals surface area contributed by atoms with Crippen LogP contribution in [0.5, 0.6) is 5.75 Å². The molecule has 1 aromatic carbocycles. The number of hydrogen-bond acceptors (Lipinski definition) is 4. The highest BCUT2D eigenvalue weighted by molar-refractivity contribution is 5.33. The largest absolute Gasteiger partial charge is 0.491 e. The molecule has 1 aromatic rings. The van der Waals surface area contributed by atoms with Crippen molar-refractivity contribution in [2.24, 2.45) is 0 Å². The average Bonchev–Trinajstić information content (AvgIpc) is 2.31. The van der Waals surface area contributed by atoms with Crippen molar-refractivity contribution in [3.63, 3.8) is 0 Å². The number of ether oxygens (including phenoxy) is 2. The SMILES string of the molecule is COCCOc1ccccc1CNC[C@@H](C)O. The van der Waals surface area contributed by atoms with E-state index < -0.39 is 0 Å². The van der Waals surface area contributed by atoms with Crippen molar-refractivity contribution in [1.29, 1.82) is 0 Å². The molecule has 0 aliphatic carbocycles.